The van der Waals surface area contributed by atoms with Crippen molar-refractivity contribution < 1.29 is 4.79 Å². The van der Waals surface area contributed by atoms with Crippen LogP contribution >= 0.6 is 23.2 Å². The number of halogens is 2. The van der Waals surface area contributed by atoms with E-state index in [1.54, 1.807) is 41.4 Å². The first-order valence-electron chi connectivity index (χ1n) is 9.68. The number of hydrogen-bond donors (Lipinski definition) is 0. The molecule has 7 heteroatoms. The van der Waals surface area contributed by atoms with Crippen LogP contribution in [0, 0.1) is 18.3 Å². The molecule has 0 spiro atoms. The minimum Gasteiger partial charge on any atom is -0.299 e. The van der Waals surface area contributed by atoms with Crippen molar-refractivity contribution in [1.82, 2.24) is 9.55 Å². The number of carbonyl (C=O) groups is 1. The third-order valence-corrected chi connectivity index (χ3v) is 5.45. The zero-order valence-electron chi connectivity index (χ0n) is 17.3. The molecule has 4 rings (SSSR count). The van der Waals surface area contributed by atoms with E-state index in [0.29, 0.717) is 33.7 Å². The van der Waals surface area contributed by atoms with Gasteiger partial charge in [-0.2, -0.15) is 5.26 Å². The lowest BCUT2D eigenvalue weighted by molar-refractivity contribution is -0.123. The SMILES string of the molecule is CC.Cc1cnc2n1C(C)(Cc1ccc(C#N)cc1)C(=O)N2c1cc(Cl)cc(Cl)c1. The normalized spacial score (nSPS) is 17.2. The van der Waals surface area contributed by atoms with Crippen molar-refractivity contribution >= 4 is 40.7 Å². The van der Waals surface area contributed by atoms with Gasteiger partial charge >= 0.3 is 0 Å². The second-order valence-corrected chi connectivity index (χ2v) is 7.94. The van der Waals surface area contributed by atoms with Crippen molar-refractivity contribution in [2.45, 2.75) is 39.7 Å². The molecule has 1 aliphatic heterocycles. The van der Waals surface area contributed by atoms with E-state index in [0.717, 1.165) is 11.3 Å². The highest BCUT2D eigenvalue weighted by molar-refractivity contribution is 6.35. The molecule has 2 heterocycles. The molecule has 0 N–H and O–H groups in total. The molecule has 0 saturated carbocycles. The number of nitrogens with zero attached hydrogens (tertiary/aromatic N) is 4. The topological polar surface area (TPSA) is 61.9 Å². The number of aryl methyl sites for hydroxylation is 1. The van der Waals surface area contributed by atoms with Gasteiger partial charge in [-0.1, -0.05) is 49.2 Å². The van der Waals surface area contributed by atoms with E-state index in [-0.39, 0.29) is 5.91 Å². The lowest BCUT2D eigenvalue weighted by Crippen LogP contribution is -2.41. The number of amides is 1. The summed E-state index contributed by atoms with van der Waals surface area (Å²) in [6, 6.07) is 14.4. The summed E-state index contributed by atoms with van der Waals surface area (Å²) < 4.78 is 1.95. The van der Waals surface area contributed by atoms with E-state index in [9.17, 15) is 4.79 Å². The maximum absolute atomic E-state index is 13.6. The molecule has 154 valence electrons. The predicted octanol–water partition coefficient (Wildman–Crippen LogP) is 6.03. The van der Waals surface area contributed by atoms with Gasteiger partial charge in [-0.15, -0.1) is 0 Å². The molecule has 0 bridgehead atoms. The van der Waals surface area contributed by atoms with Crippen LogP contribution in [0.5, 0.6) is 0 Å². The van der Waals surface area contributed by atoms with Gasteiger partial charge in [-0.25, -0.2) is 9.88 Å². The number of aromatic nitrogens is 2. The fraction of sp³-hybridized carbons (Fsp3) is 0.261. The van der Waals surface area contributed by atoms with Crippen LogP contribution in [0.1, 0.15) is 37.6 Å². The van der Waals surface area contributed by atoms with Gasteiger partial charge < -0.3 is 0 Å². The lowest BCUT2D eigenvalue weighted by Gasteiger charge is -2.26. The molecule has 1 aliphatic rings. The number of nitriles is 1. The summed E-state index contributed by atoms with van der Waals surface area (Å²) >= 11 is 12.3. The Kier molecular flexibility index (Phi) is 6.21. The molecule has 0 fully saturated rings. The highest BCUT2D eigenvalue weighted by Crippen LogP contribution is 2.43. The molecular formula is C23H22Cl2N4O. The Hall–Kier alpha value is -2.81. The largest absolute Gasteiger partial charge is 0.299 e. The van der Waals surface area contributed by atoms with Crippen molar-refractivity contribution in [3.63, 3.8) is 0 Å². The van der Waals surface area contributed by atoms with E-state index >= 15 is 0 Å². The van der Waals surface area contributed by atoms with Crippen molar-refractivity contribution in [3.8, 4) is 6.07 Å². The fourth-order valence-corrected chi connectivity index (χ4v) is 4.28. The van der Waals surface area contributed by atoms with Crippen LogP contribution in [0.3, 0.4) is 0 Å². The Balaban J connectivity index is 0.00000124. The molecule has 1 unspecified atom stereocenters. The number of carbonyl (C=O) groups excluding carboxylic acids is 1. The van der Waals surface area contributed by atoms with Gasteiger partial charge in [0.25, 0.3) is 5.91 Å². The fourth-order valence-electron chi connectivity index (χ4n) is 3.77. The summed E-state index contributed by atoms with van der Waals surface area (Å²) in [5, 5.41) is 9.90. The van der Waals surface area contributed by atoms with Gasteiger partial charge in [0.05, 0.1) is 23.5 Å². The summed E-state index contributed by atoms with van der Waals surface area (Å²) in [6.07, 6.45) is 2.21. The molecule has 0 saturated heterocycles. The Morgan fingerprint density at radius 2 is 1.70 bits per heavy atom. The quantitative estimate of drug-likeness (QED) is 0.498. The number of hydrogen-bond acceptors (Lipinski definition) is 3. The van der Waals surface area contributed by atoms with Crippen molar-refractivity contribution in [2.24, 2.45) is 0 Å². The van der Waals surface area contributed by atoms with Crippen molar-refractivity contribution in [3.05, 3.63) is 75.5 Å². The molecule has 1 atom stereocenters. The van der Waals surface area contributed by atoms with Crippen molar-refractivity contribution in [2.75, 3.05) is 4.90 Å². The first kappa shape index (κ1) is 21.9. The molecule has 3 aromatic rings. The monoisotopic (exact) mass is 440 g/mol. The number of anilines is 2. The zero-order chi connectivity index (χ0) is 22.1. The predicted molar refractivity (Wildman–Crippen MR) is 120 cm³/mol. The highest BCUT2D eigenvalue weighted by atomic mass is 35.5. The Bertz CT molecular complexity index is 1110. The minimum atomic E-state index is -0.862. The number of fused-ring (bicyclic) bond motifs is 1. The van der Waals surface area contributed by atoms with Gasteiger partial charge in [0.15, 0.2) is 0 Å². The minimum absolute atomic E-state index is 0.110. The second-order valence-electron chi connectivity index (χ2n) is 7.06. The van der Waals surface area contributed by atoms with E-state index in [1.165, 1.54) is 0 Å². The average Bonchev–Trinajstić information content (AvgIpc) is 3.20. The number of rotatable bonds is 3. The zero-order valence-corrected chi connectivity index (χ0v) is 18.8. The van der Waals surface area contributed by atoms with Crippen LogP contribution < -0.4 is 4.90 Å². The maximum Gasteiger partial charge on any atom is 0.260 e. The summed E-state index contributed by atoms with van der Waals surface area (Å²) in [5.74, 6) is 0.429. The van der Waals surface area contributed by atoms with Crippen LogP contribution in [0.15, 0.2) is 48.7 Å². The average molecular weight is 441 g/mol. The molecular weight excluding hydrogens is 419 g/mol. The maximum atomic E-state index is 13.6. The van der Waals surface area contributed by atoms with Gasteiger partial charge in [0.1, 0.15) is 5.54 Å². The first-order valence-corrected chi connectivity index (χ1v) is 10.4. The van der Waals surface area contributed by atoms with Gasteiger partial charge in [-0.3, -0.25) is 9.36 Å². The van der Waals surface area contributed by atoms with Crippen LogP contribution in [-0.2, 0) is 16.8 Å². The lowest BCUT2D eigenvalue weighted by atomic mass is 9.91. The van der Waals surface area contributed by atoms with Crippen LogP contribution in [-0.4, -0.2) is 15.5 Å². The molecule has 5 nitrogen and oxygen atoms in total. The summed E-state index contributed by atoms with van der Waals surface area (Å²) in [4.78, 5) is 19.6. The Morgan fingerprint density at radius 1 is 1.10 bits per heavy atom. The second kappa shape index (κ2) is 8.51. The summed E-state index contributed by atoms with van der Waals surface area (Å²) in [7, 11) is 0. The van der Waals surface area contributed by atoms with Gasteiger partial charge in [-0.05, 0) is 49.7 Å². The smallest absolute Gasteiger partial charge is 0.260 e. The van der Waals surface area contributed by atoms with Crippen LogP contribution in [0.4, 0.5) is 11.6 Å². The third kappa shape index (κ3) is 3.69. The molecule has 1 aromatic heterocycles. The Labute approximate surface area is 186 Å². The van der Waals surface area contributed by atoms with E-state index < -0.39 is 5.54 Å². The highest BCUT2D eigenvalue weighted by Gasteiger charge is 2.49. The third-order valence-electron chi connectivity index (χ3n) is 5.01. The van der Waals surface area contributed by atoms with Crippen LogP contribution in [0.25, 0.3) is 0 Å². The molecule has 2 aromatic carbocycles. The van der Waals surface area contributed by atoms with E-state index in [2.05, 4.69) is 11.1 Å². The number of benzene rings is 2. The summed E-state index contributed by atoms with van der Waals surface area (Å²) in [5.41, 5.74) is 2.15. The van der Waals surface area contributed by atoms with Crippen molar-refractivity contribution in [1.29, 1.82) is 5.26 Å². The molecule has 0 aliphatic carbocycles. The summed E-state index contributed by atoms with van der Waals surface area (Å²) in [6.45, 7) is 7.83. The molecule has 30 heavy (non-hydrogen) atoms. The van der Waals surface area contributed by atoms with Crippen LogP contribution in [0.2, 0.25) is 10.0 Å². The van der Waals surface area contributed by atoms with Gasteiger partial charge in [0, 0.05) is 22.2 Å². The van der Waals surface area contributed by atoms with E-state index in [4.69, 9.17) is 28.5 Å². The Morgan fingerprint density at radius 3 is 2.27 bits per heavy atom. The van der Waals surface area contributed by atoms with Gasteiger partial charge in [0.2, 0.25) is 5.95 Å². The molecule has 0 radical (unpaired) electrons. The first-order chi connectivity index (χ1) is 14.3. The van der Waals surface area contributed by atoms with E-state index in [1.807, 2.05) is 44.4 Å². The molecule has 1 amide bonds. The number of imidazole rings is 1. The standard InChI is InChI=1S/C21H16Cl2N4O.C2H6/c1-13-12-25-20-26(18-8-16(22)7-17(23)9-18)19(28)21(2,27(13)20)10-14-3-5-15(11-24)6-4-14;1-2/h3-9,12H,10H2,1-2H3;1-2H3.